The number of pyridine rings is 1. The molecule has 2 aromatic rings. The summed E-state index contributed by atoms with van der Waals surface area (Å²) in [5.74, 6) is 1.48. The van der Waals surface area contributed by atoms with Crippen LogP contribution >= 0.6 is 11.6 Å². The number of anilines is 2. The van der Waals surface area contributed by atoms with E-state index in [1.165, 1.54) is 0 Å². The molecular weight excluding hydrogens is 414 g/mol. The number of nitrogen functional groups attached to an aromatic ring is 1. The molecule has 2 aliphatic heterocycles. The molecule has 156 valence electrons. The third-order valence-electron chi connectivity index (χ3n) is 5.74. The number of nitrogens with zero attached hydrogens (tertiary/aromatic N) is 4. The molecule has 2 saturated heterocycles. The van der Waals surface area contributed by atoms with Gasteiger partial charge in [-0.25, -0.2) is 23.4 Å². The van der Waals surface area contributed by atoms with Gasteiger partial charge in [-0.15, -0.1) is 0 Å². The van der Waals surface area contributed by atoms with E-state index in [0.717, 1.165) is 0 Å². The Bertz CT molecular complexity index is 1030. The summed E-state index contributed by atoms with van der Waals surface area (Å²) >= 11 is 6.08. The van der Waals surface area contributed by atoms with E-state index in [1.807, 2.05) is 0 Å². The van der Waals surface area contributed by atoms with E-state index >= 15 is 0 Å². The third kappa shape index (κ3) is 3.67. The van der Waals surface area contributed by atoms with Crippen molar-refractivity contribution in [3.63, 3.8) is 0 Å². The van der Waals surface area contributed by atoms with Crippen LogP contribution in [0.15, 0.2) is 18.2 Å². The van der Waals surface area contributed by atoms with Gasteiger partial charge in [-0.1, -0.05) is 11.6 Å². The quantitative estimate of drug-likeness (QED) is 0.728. The Morgan fingerprint density at radius 1 is 1.28 bits per heavy atom. The second-order valence-corrected chi connectivity index (χ2v) is 10.7. The van der Waals surface area contributed by atoms with Crippen molar-refractivity contribution in [1.82, 2.24) is 15.0 Å². The number of hydrogen-bond acceptors (Lipinski definition) is 8. The van der Waals surface area contributed by atoms with E-state index in [1.54, 1.807) is 25.1 Å². The van der Waals surface area contributed by atoms with Gasteiger partial charge in [0.1, 0.15) is 21.5 Å². The van der Waals surface area contributed by atoms with Crippen LogP contribution in [-0.4, -0.2) is 54.9 Å². The molecule has 4 heterocycles. The molecule has 0 unspecified atom stereocenters. The highest BCUT2D eigenvalue weighted by Gasteiger charge is 2.46. The summed E-state index contributed by atoms with van der Waals surface area (Å²) in [6.07, 6.45) is 1.15. The van der Waals surface area contributed by atoms with Crippen molar-refractivity contribution < 1.29 is 13.2 Å². The molecule has 2 N–H and O–H groups in total. The van der Waals surface area contributed by atoms with Crippen molar-refractivity contribution in [2.24, 2.45) is 0 Å². The van der Waals surface area contributed by atoms with Crippen LogP contribution in [0.5, 0.6) is 0 Å². The number of ether oxygens (including phenoxy) is 1. The lowest BCUT2D eigenvalue weighted by molar-refractivity contribution is 0.0985. The maximum absolute atomic E-state index is 12.8. The van der Waals surface area contributed by atoms with Gasteiger partial charge in [0.25, 0.3) is 0 Å². The average molecular weight is 438 g/mol. The zero-order valence-corrected chi connectivity index (χ0v) is 18.0. The Kier molecular flexibility index (Phi) is 5.16. The van der Waals surface area contributed by atoms with Crippen molar-refractivity contribution in [2.75, 3.05) is 36.1 Å². The summed E-state index contributed by atoms with van der Waals surface area (Å²) in [4.78, 5) is 15.5. The number of halogens is 1. The molecule has 0 spiro atoms. The first-order valence-corrected chi connectivity index (χ1v) is 11.6. The lowest BCUT2D eigenvalue weighted by Crippen LogP contribution is -2.44. The highest BCUT2D eigenvalue weighted by molar-refractivity contribution is 7.92. The van der Waals surface area contributed by atoms with Gasteiger partial charge < -0.3 is 15.4 Å². The van der Waals surface area contributed by atoms with E-state index in [0.29, 0.717) is 55.5 Å². The third-order valence-corrected chi connectivity index (χ3v) is 8.55. The molecule has 2 aromatic heterocycles. The smallest absolute Gasteiger partial charge is 0.162 e. The largest absolute Gasteiger partial charge is 0.384 e. The van der Waals surface area contributed by atoms with Gasteiger partial charge >= 0.3 is 0 Å². The first-order valence-electron chi connectivity index (χ1n) is 9.59. The lowest BCUT2D eigenvalue weighted by atomic mass is 10.0. The van der Waals surface area contributed by atoms with Crippen LogP contribution in [0.1, 0.15) is 32.4 Å². The van der Waals surface area contributed by atoms with Crippen molar-refractivity contribution in [2.45, 2.75) is 37.5 Å². The first-order chi connectivity index (χ1) is 13.7. The summed E-state index contributed by atoms with van der Waals surface area (Å²) in [5.41, 5.74) is 6.96. The van der Waals surface area contributed by atoms with Crippen LogP contribution in [0.4, 0.5) is 11.6 Å². The molecule has 4 rings (SSSR count). The van der Waals surface area contributed by atoms with Gasteiger partial charge in [0, 0.05) is 18.2 Å². The fourth-order valence-electron chi connectivity index (χ4n) is 3.96. The van der Waals surface area contributed by atoms with Gasteiger partial charge in [0.15, 0.2) is 15.7 Å². The molecule has 0 amide bonds. The fourth-order valence-corrected chi connectivity index (χ4v) is 6.03. The Hall–Kier alpha value is -1.97. The van der Waals surface area contributed by atoms with E-state index in [9.17, 15) is 8.42 Å². The molecule has 2 aliphatic rings. The summed E-state index contributed by atoms with van der Waals surface area (Å²) in [5, 5.41) is 0.231. The number of sulfone groups is 1. The molecule has 0 saturated carbocycles. The molecule has 0 bridgehead atoms. The highest BCUT2D eigenvalue weighted by atomic mass is 35.5. The number of rotatable bonds is 3. The molecule has 10 heteroatoms. The van der Waals surface area contributed by atoms with Gasteiger partial charge in [-0.3, -0.25) is 0 Å². The minimum atomic E-state index is -3.31. The normalized spacial score (nSPS) is 26.6. The zero-order valence-electron chi connectivity index (χ0n) is 16.4. The van der Waals surface area contributed by atoms with Crippen molar-refractivity contribution in [3.05, 3.63) is 29.0 Å². The van der Waals surface area contributed by atoms with Gasteiger partial charge in [-0.2, -0.15) is 0 Å². The first kappa shape index (κ1) is 20.3. The molecule has 8 nitrogen and oxygen atoms in total. The van der Waals surface area contributed by atoms with Crippen LogP contribution in [0.25, 0.3) is 11.4 Å². The van der Waals surface area contributed by atoms with E-state index in [4.69, 9.17) is 27.1 Å². The maximum Gasteiger partial charge on any atom is 0.162 e. The standard InChI is InChI=1S/C19H24ClN5O3S/c1-12-11-28-6-5-25(12)17-10-14(19(2)4-3-7-29(19,26)27)22-18(24-17)13-8-15(20)23-16(21)9-13/h8-10,12H,3-7,11H2,1-2H3,(H2,21,23)/t12-,19-/m1/s1. The summed E-state index contributed by atoms with van der Waals surface area (Å²) in [7, 11) is -3.31. The van der Waals surface area contributed by atoms with Crippen LogP contribution in [0.2, 0.25) is 5.15 Å². The van der Waals surface area contributed by atoms with Crippen LogP contribution in [0.3, 0.4) is 0 Å². The topological polar surface area (TPSA) is 111 Å². The zero-order chi connectivity index (χ0) is 20.8. The van der Waals surface area contributed by atoms with E-state index in [-0.39, 0.29) is 22.8 Å². The molecule has 2 fully saturated rings. The molecule has 29 heavy (non-hydrogen) atoms. The van der Waals surface area contributed by atoms with Gasteiger partial charge in [0.2, 0.25) is 0 Å². The highest BCUT2D eigenvalue weighted by Crippen LogP contribution is 2.42. The number of morpholine rings is 1. The molecule has 0 aromatic carbocycles. The second kappa shape index (κ2) is 7.37. The summed E-state index contributed by atoms with van der Waals surface area (Å²) in [6.45, 7) is 5.64. The lowest BCUT2D eigenvalue weighted by Gasteiger charge is -2.35. The Labute approximate surface area is 175 Å². The molecule has 0 aliphatic carbocycles. The Balaban J connectivity index is 1.90. The number of hydrogen-bond donors (Lipinski definition) is 1. The van der Waals surface area contributed by atoms with Crippen molar-refractivity contribution >= 4 is 33.1 Å². The molecular formula is C19H24ClN5O3S. The monoisotopic (exact) mass is 437 g/mol. The predicted octanol–water partition coefficient (Wildman–Crippen LogP) is 2.42. The summed E-state index contributed by atoms with van der Waals surface area (Å²) in [6, 6.07) is 5.19. The average Bonchev–Trinajstić information content (AvgIpc) is 2.94. The second-order valence-electron chi connectivity index (χ2n) is 7.81. The van der Waals surface area contributed by atoms with Crippen LogP contribution in [0, 0.1) is 0 Å². The minimum absolute atomic E-state index is 0.110. The number of aromatic nitrogens is 3. The van der Waals surface area contributed by atoms with Crippen LogP contribution in [-0.2, 0) is 19.3 Å². The van der Waals surface area contributed by atoms with Crippen LogP contribution < -0.4 is 10.6 Å². The Morgan fingerprint density at radius 2 is 2.07 bits per heavy atom. The van der Waals surface area contributed by atoms with Gasteiger partial charge in [-0.05, 0) is 38.8 Å². The van der Waals surface area contributed by atoms with Crippen molar-refractivity contribution in [1.29, 1.82) is 0 Å². The van der Waals surface area contributed by atoms with E-state index in [2.05, 4.69) is 21.8 Å². The molecule has 0 radical (unpaired) electrons. The Morgan fingerprint density at radius 3 is 2.72 bits per heavy atom. The van der Waals surface area contributed by atoms with Crippen molar-refractivity contribution in [3.8, 4) is 11.4 Å². The predicted molar refractivity (Wildman–Crippen MR) is 113 cm³/mol. The SMILES string of the molecule is C[C@@H]1COCCN1c1cc([C@@]2(C)CCCS2(=O)=O)nc(-c2cc(N)nc(Cl)c2)n1. The van der Waals surface area contributed by atoms with Gasteiger partial charge in [0.05, 0.1) is 30.7 Å². The maximum atomic E-state index is 12.8. The fraction of sp³-hybridized carbons (Fsp3) is 0.526. The minimum Gasteiger partial charge on any atom is -0.384 e. The molecule has 2 atom stereocenters. The summed E-state index contributed by atoms with van der Waals surface area (Å²) < 4.78 is 30.2. The number of nitrogens with two attached hydrogens (primary N) is 1. The van der Waals surface area contributed by atoms with E-state index < -0.39 is 14.6 Å².